The van der Waals surface area contributed by atoms with E-state index in [2.05, 4.69) is 10.4 Å². The number of piperazine rings is 1. The van der Waals surface area contributed by atoms with Crippen molar-refractivity contribution in [2.45, 2.75) is 39.8 Å². The molecule has 0 radical (unpaired) electrons. The van der Waals surface area contributed by atoms with Gasteiger partial charge in [0.2, 0.25) is 0 Å². The number of aryl methyl sites for hydroxylation is 2. The van der Waals surface area contributed by atoms with Crippen molar-refractivity contribution in [3.63, 3.8) is 0 Å². The van der Waals surface area contributed by atoms with Crippen LogP contribution in [-0.2, 0) is 0 Å². The Hall–Kier alpha value is -2.21. The van der Waals surface area contributed by atoms with Gasteiger partial charge in [0.1, 0.15) is 11.5 Å². The van der Waals surface area contributed by atoms with Gasteiger partial charge in [0, 0.05) is 36.4 Å². The first-order valence-electron chi connectivity index (χ1n) is 8.24. The summed E-state index contributed by atoms with van der Waals surface area (Å²) in [5, 5.41) is 7.64. The Morgan fingerprint density at radius 2 is 2.04 bits per heavy atom. The Labute approximate surface area is 141 Å². The van der Waals surface area contributed by atoms with Crippen LogP contribution in [0.25, 0.3) is 5.69 Å². The van der Waals surface area contributed by atoms with Gasteiger partial charge >= 0.3 is 0 Å². The third-order valence-corrected chi connectivity index (χ3v) is 4.46. The van der Waals surface area contributed by atoms with Gasteiger partial charge in [0.15, 0.2) is 0 Å². The molecule has 1 amide bonds. The minimum atomic E-state index is -0.442. The molecule has 0 saturated carbocycles. The van der Waals surface area contributed by atoms with Gasteiger partial charge in [-0.15, -0.1) is 0 Å². The molecule has 5 nitrogen and oxygen atoms in total. The maximum atomic E-state index is 14.6. The maximum absolute atomic E-state index is 14.6. The van der Waals surface area contributed by atoms with Gasteiger partial charge in [-0.25, -0.2) is 9.07 Å². The predicted molar refractivity (Wildman–Crippen MR) is 91.0 cm³/mol. The molecule has 2 atom stereocenters. The summed E-state index contributed by atoms with van der Waals surface area (Å²) in [6.07, 6.45) is 0. The van der Waals surface area contributed by atoms with Crippen molar-refractivity contribution >= 4 is 5.91 Å². The van der Waals surface area contributed by atoms with E-state index in [1.165, 1.54) is 6.07 Å². The summed E-state index contributed by atoms with van der Waals surface area (Å²) in [6, 6.07) is 6.83. The topological polar surface area (TPSA) is 50.2 Å². The number of rotatable bonds is 2. The molecule has 1 N–H and O–H groups in total. The Morgan fingerprint density at radius 1 is 1.29 bits per heavy atom. The smallest absolute Gasteiger partial charge is 0.254 e. The molecule has 6 heteroatoms. The molecule has 1 fully saturated rings. The van der Waals surface area contributed by atoms with E-state index in [-0.39, 0.29) is 18.0 Å². The Kier molecular flexibility index (Phi) is 4.41. The minimum Gasteiger partial charge on any atom is -0.333 e. The van der Waals surface area contributed by atoms with E-state index in [0.29, 0.717) is 17.8 Å². The molecule has 0 bridgehead atoms. The van der Waals surface area contributed by atoms with E-state index in [1.807, 2.05) is 33.8 Å². The van der Waals surface area contributed by atoms with Crippen molar-refractivity contribution < 1.29 is 9.18 Å². The zero-order valence-corrected chi connectivity index (χ0v) is 14.5. The van der Waals surface area contributed by atoms with Gasteiger partial charge in [-0.1, -0.05) is 0 Å². The second-order valence-electron chi connectivity index (χ2n) is 6.62. The van der Waals surface area contributed by atoms with E-state index in [0.717, 1.165) is 17.9 Å². The zero-order valence-electron chi connectivity index (χ0n) is 14.5. The molecule has 1 saturated heterocycles. The van der Waals surface area contributed by atoms with E-state index in [1.54, 1.807) is 21.7 Å². The highest BCUT2D eigenvalue weighted by atomic mass is 19.1. The lowest BCUT2D eigenvalue weighted by atomic mass is 10.1. The van der Waals surface area contributed by atoms with Gasteiger partial charge in [-0.3, -0.25) is 4.79 Å². The molecule has 2 unspecified atom stereocenters. The normalized spacial score (nSPS) is 21.1. The molecule has 24 heavy (non-hydrogen) atoms. The molecule has 2 heterocycles. The van der Waals surface area contributed by atoms with Crippen LogP contribution in [-0.4, -0.2) is 45.8 Å². The van der Waals surface area contributed by atoms with E-state index >= 15 is 0 Å². The van der Waals surface area contributed by atoms with Crippen molar-refractivity contribution in [3.8, 4) is 5.69 Å². The summed E-state index contributed by atoms with van der Waals surface area (Å²) in [7, 11) is 0. The molecule has 1 aromatic carbocycles. The Bertz CT molecular complexity index is 770. The lowest BCUT2D eigenvalue weighted by Gasteiger charge is -2.37. The van der Waals surface area contributed by atoms with Crippen LogP contribution < -0.4 is 5.32 Å². The summed E-state index contributed by atoms with van der Waals surface area (Å²) < 4.78 is 16.1. The standard InChI is InChI=1S/C18H23FN4O/c1-11-7-13(3)23(21-11)17-6-5-15(8-16(17)19)18(24)22-10-12(2)20-9-14(22)4/h5-8,12,14,20H,9-10H2,1-4H3. The fraction of sp³-hybridized carbons (Fsp3) is 0.444. The molecule has 0 spiro atoms. The summed E-state index contributed by atoms with van der Waals surface area (Å²) in [5.41, 5.74) is 2.42. The fourth-order valence-electron chi connectivity index (χ4n) is 3.15. The van der Waals surface area contributed by atoms with Crippen LogP contribution in [0.3, 0.4) is 0 Å². The van der Waals surface area contributed by atoms with E-state index < -0.39 is 5.82 Å². The number of carbonyl (C=O) groups excluding carboxylic acids is 1. The average Bonchev–Trinajstić information content (AvgIpc) is 2.87. The van der Waals surface area contributed by atoms with Crippen LogP contribution >= 0.6 is 0 Å². The highest BCUT2D eigenvalue weighted by Crippen LogP contribution is 2.20. The minimum absolute atomic E-state index is 0.0902. The van der Waals surface area contributed by atoms with E-state index in [9.17, 15) is 9.18 Å². The summed E-state index contributed by atoms with van der Waals surface area (Å²) in [5.74, 6) is -0.572. The van der Waals surface area contributed by atoms with Crippen molar-refractivity contribution in [3.05, 3.63) is 47.0 Å². The number of carbonyl (C=O) groups is 1. The van der Waals surface area contributed by atoms with Gasteiger partial charge in [-0.05, 0) is 52.0 Å². The SMILES string of the molecule is Cc1cc(C)n(-c2ccc(C(=O)N3CC(C)NCC3C)cc2F)n1. The first kappa shape index (κ1) is 16.6. The largest absolute Gasteiger partial charge is 0.333 e. The van der Waals surface area contributed by atoms with E-state index in [4.69, 9.17) is 0 Å². The highest BCUT2D eigenvalue weighted by Gasteiger charge is 2.27. The number of nitrogens with one attached hydrogen (secondary N) is 1. The number of nitrogens with zero attached hydrogens (tertiary/aromatic N) is 3. The quantitative estimate of drug-likeness (QED) is 0.920. The molecule has 0 aliphatic carbocycles. The number of amides is 1. The maximum Gasteiger partial charge on any atom is 0.254 e. The Morgan fingerprint density at radius 3 is 2.67 bits per heavy atom. The van der Waals surface area contributed by atoms with Crippen LogP contribution in [0, 0.1) is 19.7 Å². The zero-order chi connectivity index (χ0) is 17.4. The highest BCUT2D eigenvalue weighted by molar-refractivity contribution is 5.94. The van der Waals surface area contributed by atoms with Gasteiger partial charge in [0.25, 0.3) is 5.91 Å². The number of hydrogen-bond acceptors (Lipinski definition) is 3. The predicted octanol–water partition coefficient (Wildman–Crippen LogP) is 2.45. The molecular weight excluding hydrogens is 307 g/mol. The van der Waals surface area contributed by atoms with Crippen molar-refractivity contribution in [1.29, 1.82) is 0 Å². The second-order valence-corrected chi connectivity index (χ2v) is 6.62. The third kappa shape index (κ3) is 3.06. The molecular formula is C18H23FN4O. The number of aromatic nitrogens is 2. The van der Waals surface area contributed by atoms with Crippen LogP contribution in [0.15, 0.2) is 24.3 Å². The fourth-order valence-corrected chi connectivity index (χ4v) is 3.15. The lowest BCUT2D eigenvalue weighted by molar-refractivity contribution is 0.0616. The number of hydrogen-bond donors (Lipinski definition) is 1. The molecule has 128 valence electrons. The van der Waals surface area contributed by atoms with Crippen LogP contribution in [0.4, 0.5) is 4.39 Å². The first-order chi connectivity index (χ1) is 11.4. The summed E-state index contributed by atoms with van der Waals surface area (Å²) in [4.78, 5) is 14.5. The van der Waals surface area contributed by atoms with Gasteiger partial charge in [-0.2, -0.15) is 5.10 Å². The van der Waals surface area contributed by atoms with Gasteiger partial charge < -0.3 is 10.2 Å². The van der Waals surface area contributed by atoms with Crippen molar-refractivity contribution in [2.75, 3.05) is 13.1 Å². The van der Waals surface area contributed by atoms with Crippen LogP contribution in [0.5, 0.6) is 0 Å². The van der Waals surface area contributed by atoms with Crippen LogP contribution in [0.2, 0.25) is 0 Å². The summed E-state index contributed by atoms with van der Waals surface area (Å²) in [6.45, 7) is 9.16. The molecule has 1 aliphatic heterocycles. The van der Waals surface area contributed by atoms with Crippen LogP contribution in [0.1, 0.15) is 35.6 Å². The average molecular weight is 330 g/mol. The first-order valence-corrected chi connectivity index (χ1v) is 8.24. The Balaban J connectivity index is 1.89. The number of halogens is 1. The van der Waals surface area contributed by atoms with Crippen molar-refractivity contribution in [1.82, 2.24) is 20.0 Å². The molecule has 2 aromatic rings. The monoisotopic (exact) mass is 330 g/mol. The molecule has 1 aliphatic rings. The molecule has 1 aromatic heterocycles. The second kappa shape index (κ2) is 6.36. The molecule has 3 rings (SSSR count). The number of benzene rings is 1. The van der Waals surface area contributed by atoms with Gasteiger partial charge in [0.05, 0.1) is 5.69 Å². The third-order valence-electron chi connectivity index (χ3n) is 4.46. The lowest BCUT2D eigenvalue weighted by Crippen LogP contribution is -2.56. The summed E-state index contributed by atoms with van der Waals surface area (Å²) >= 11 is 0. The van der Waals surface area contributed by atoms with Crippen molar-refractivity contribution in [2.24, 2.45) is 0 Å².